The SMILES string of the molecule is O=C(O)c1cc(N2C(=O)COCC2=O)ccc1Br. The van der Waals surface area contributed by atoms with Crippen molar-refractivity contribution in [3.05, 3.63) is 28.2 Å². The number of ether oxygens (including phenoxy) is 1. The molecule has 1 N–H and O–H groups in total. The number of hydrogen-bond donors (Lipinski definition) is 1. The molecular weight excluding hydrogens is 306 g/mol. The fraction of sp³-hybridized carbons (Fsp3) is 0.182. The van der Waals surface area contributed by atoms with E-state index in [1.807, 2.05) is 0 Å². The summed E-state index contributed by atoms with van der Waals surface area (Å²) in [5.74, 6) is -2.16. The maximum Gasteiger partial charge on any atom is 0.336 e. The third-order valence-electron chi connectivity index (χ3n) is 2.39. The lowest BCUT2D eigenvalue weighted by molar-refractivity contribution is -0.138. The second-order valence-electron chi connectivity index (χ2n) is 3.58. The highest BCUT2D eigenvalue weighted by atomic mass is 79.9. The number of halogens is 1. The molecule has 0 atom stereocenters. The Kier molecular flexibility index (Phi) is 3.44. The van der Waals surface area contributed by atoms with Gasteiger partial charge in [0, 0.05) is 4.47 Å². The normalized spacial score (nSPS) is 15.9. The van der Waals surface area contributed by atoms with Crippen LogP contribution >= 0.6 is 15.9 Å². The third kappa shape index (κ3) is 2.27. The minimum Gasteiger partial charge on any atom is -0.478 e. The highest BCUT2D eigenvalue weighted by Gasteiger charge is 2.28. The topological polar surface area (TPSA) is 83.9 Å². The first kappa shape index (κ1) is 12.7. The van der Waals surface area contributed by atoms with E-state index in [1.54, 1.807) is 0 Å². The number of rotatable bonds is 2. The maximum absolute atomic E-state index is 11.6. The molecule has 2 amide bonds. The largest absolute Gasteiger partial charge is 0.478 e. The molecule has 0 aliphatic carbocycles. The predicted octanol–water partition coefficient (Wildman–Crippen LogP) is 1.04. The van der Waals surface area contributed by atoms with E-state index in [2.05, 4.69) is 15.9 Å². The minimum absolute atomic E-state index is 0.0143. The van der Waals surface area contributed by atoms with Crippen molar-refractivity contribution in [3.8, 4) is 0 Å². The number of benzene rings is 1. The molecule has 0 spiro atoms. The zero-order valence-corrected chi connectivity index (χ0v) is 10.6. The number of imide groups is 1. The molecule has 6 nitrogen and oxygen atoms in total. The van der Waals surface area contributed by atoms with Gasteiger partial charge in [-0.15, -0.1) is 0 Å². The van der Waals surface area contributed by atoms with E-state index < -0.39 is 17.8 Å². The quantitative estimate of drug-likeness (QED) is 0.825. The number of anilines is 1. The number of carboxylic acids is 1. The summed E-state index contributed by atoms with van der Waals surface area (Å²) < 4.78 is 5.16. The molecule has 0 radical (unpaired) electrons. The number of carbonyl (C=O) groups excluding carboxylic acids is 2. The van der Waals surface area contributed by atoms with Gasteiger partial charge in [0.15, 0.2) is 0 Å². The maximum atomic E-state index is 11.6. The Hall–Kier alpha value is -1.73. The molecule has 2 rings (SSSR count). The number of morpholine rings is 1. The van der Waals surface area contributed by atoms with Crippen LogP contribution in [0.4, 0.5) is 5.69 Å². The lowest BCUT2D eigenvalue weighted by Gasteiger charge is -2.25. The fourth-order valence-electron chi connectivity index (χ4n) is 1.60. The molecule has 94 valence electrons. The van der Waals surface area contributed by atoms with Crippen LogP contribution in [0.2, 0.25) is 0 Å². The summed E-state index contributed by atoms with van der Waals surface area (Å²) in [5, 5.41) is 8.98. The fourth-order valence-corrected chi connectivity index (χ4v) is 2.01. The van der Waals surface area contributed by atoms with Gasteiger partial charge in [0.2, 0.25) is 0 Å². The van der Waals surface area contributed by atoms with E-state index >= 15 is 0 Å². The predicted molar refractivity (Wildman–Crippen MR) is 64.4 cm³/mol. The molecule has 1 saturated heterocycles. The van der Waals surface area contributed by atoms with E-state index in [4.69, 9.17) is 9.84 Å². The Morgan fingerprint density at radius 1 is 1.28 bits per heavy atom. The molecule has 1 aliphatic rings. The smallest absolute Gasteiger partial charge is 0.336 e. The summed E-state index contributed by atoms with van der Waals surface area (Å²) in [6.45, 7) is -0.381. The molecule has 0 saturated carbocycles. The van der Waals surface area contributed by atoms with Gasteiger partial charge in [-0.1, -0.05) is 0 Å². The zero-order chi connectivity index (χ0) is 13.3. The van der Waals surface area contributed by atoms with Crippen LogP contribution in [0.3, 0.4) is 0 Å². The van der Waals surface area contributed by atoms with Gasteiger partial charge in [0.1, 0.15) is 13.2 Å². The Morgan fingerprint density at radius 2 is 1.89 bits per heavy atom. The van der Waals surface area contributed by atoms with E-state index in [1.165, 1.54) is 18.2 Å². The Bertz CT molecular complexity index is 526. The first-order valence-electron chi connectivity index (χ1n) is 4.97. The van der Waals surface area contributed by atoms with E-state index in [0.29, 0.717) is 4.47 Å². The lowest BCUT2D eigenvalue weighted by Crippen LogP contribution is -2.46. The van der Waals surface area contributed by atoms with Gasteiger partial charge in [-0.3, -0.25) is 9.59 Å². The average Bonchev–Trinajstić information content (AvgIpc) is 2.30. The second-order valence-corrected chi connectivity index (χ2v) is 4.44. The van der Waals surface area contributed by atoms with Crippen molar-refractivity contribution in [2.24, 2.45) is 0 Å². The standard InChI is InChI=1S/C11H8BrNO5/c12-8-2-1-6(3-7(8)11(16)17)13-9(14)4-18-5-10(13)15/h1-3H,4-5H2,(H,16,17). The van der Waals surface area contributed by atoms with Crippen molar-refractivity contribution in [3.63, 3.8) is 0 Å². The molecule has 1 aromatic carbocycles. The van der Waals surface area contributed by atoms with Crippen molar-refractivity contribution in [2.75, 3.05) is 18.1 Å². The van der Waals surface area contributed by atoms with Crippen molar-refractivity contribution in [1.82, 2.24) is 0 Å². The summed E-state index contributed by atoms with van der Waals surface area (Å²) in [6, 6.07) is 4.25. The summed E-state index contributed by atoms with van der Waals surface area (Å²) in [5.41, 5.74) is 0.216. The first-order chi connectivity index (χ1) is 8.50. The molecule has 7 heteroatoms. The van der Waals surface area contributed by atoms with Crippen LogP contribution in [0, 0.1) is 0 Å². The van der Waals surface area contributed by atoms with Crippen molar-refractivity contribution in [2.45, 2.75) is 0 Å². The minimum atomic E-state index is -1.14. The molecule has 1 fully saturated rings. The van der Waals surface area contributed by atoms with Crippen LogP contribution in [-0.2, 0) is 14.3 Å². The van der Waals surface area contributed by atoms with Crippen LogP contribution in [0.25, 0.3) is 0 Å². The van der Waals surface area contributed by atoms with Crippen molar-refractivity contribution >= 4 is 39.4 Å². The second kappa shape index (κ2) is 4.87. The van der Waals surface area contributed by atoms with Gasteiger partial charge in [-0.05, 0) is 34.1 Å². The van der Waals surface area contributed by atoms with Crippen LogP contribution in [0.15, 0.2) is 22.7 Å². The van der Waals surface area contributed by atoms with Gasteiger partial charge in [-0.2, -0.15) is 0 Å². The van der Waals surface area contributed by atoms with Crippen molar-refractivity contribution in [1.29, 1.82) is 0 Å². The highest BCUT2D eigenvalue weighted by molar-refractivity contribution is 9.10. The van der Waals surface area contributed by atoms with Crippen LogP contribution in [-0.4, -0.2) is 36.1 Å². The van der Waals surface area contributed by atoms with E-state index in [0.717, 1.165) is 4.90 Å². The van der Waals surface area contributed by atoms with Gasteiger partial charge >= 0.3 is 5.97 Å². The molecule has 0 bridgehead atoms. The molecule has 0 aromatic heterocycles. The van der Waals surface area contributed by atoms with Crippen LogP contribution in [0.1, 0.15) is 10.4 Å². The Morgan fingerprint density at radius 3 is 2.44 bits per heavy atom. The highest BCUT2D eigenvalue weighted by Crippen LogP contribution is 2.25. The number of aromatic carboxylic acids is 1. The van der Waals surface area contributed by atoms with E-state index in [-0.39, 0.29) is 24.5 Å². The van der Waals surface area contributed by atoms with E-state index in [9.17, 15) is 14.4 Å². The number of nitrogens with zero attached hydrogens (tertiary/aromatic N) is 1. The molecule has 1 aromatic rings. The number of amides is 2. The van der Waals surface area contributed by atoms with Gasteiger partial charge in [-0.25, -0.2) is 9.69 Å². The van der Waals surface area contributed by atoms with Crippen LogP contribution in [0.5, 0.6) is 0 Å². The molecule has 18 heavy (non-hydrogen) atoms. The summed E-state index contributed by atoms with van der Waals surface area (Å²) >= 11 is 3.09. The Labute approximate surface area is 110 Å². The molecule has 1 heterocycles. The van der Waals surface area contributed by atoms with Gasteiger partial charge < -0.3 is 9.84 Å². The molecule has 0 unspecified atom stereocenters. The summed E-state index contributed by atoms with van der Waals surface area (Å²) in [6.07, 6.45) is 0. The average molecular weight is 314 g/mol. The summed E-state index contributed by atoms with van der Waals surface area (Å²) in [4.78, 5) is 35.1. The zero-order valence-electron chi connectivity index (χ0n) is 9.05. The van der Waals surface area contributed by atoms with Gasteiger partial charge in [0.25, 0.3) is 11.8 Å². The van der Waals surface area contributed by atoms with Crippen LogP contribution < -0.4 is 4.90 Å². The molecular formula is C11H8BrNO5. The number of hydrogen-bond acceptors (Lipinski definition) is 4. The monoisotopic (exact) mass is 313 g/mol. The Balaban J connectivity index is 2.44. The van der Waals surface area contributed by atoms with Crippen molar-refractivity contribution < 1.29 is 24.2 Å². The number of carbonyl (C=O) groups is 3. The summed E-state index contributed by atoms with van der Waals surface area (Å²) in [7, 11) is 0. The molecule has 1 aliphatic heterocycles. The third-order valence-corrected chi connectivity index (χ3v) is 3.08. The van der Waals surface area contributed by atoms with Gasteiger partial charge in [0.05, 0.1) is 11.3 Å². The number of carboxylic acid groups (broad SMARTS) is 1. The first-order valence-corrected chi connectivity index (χ1v) is 5.76. The lowest BCUT2D eigenvalue weighted by atomic mass is 10.2.